The molecule has 51 heavy (non-hydrogen) atoms. The van der Waals surface area contributed by atoms with Gasteiger partial charge in [-0.3, -0.25) is 0 Å². The number of hydrogen-bond acceptors (Lipinski definition) is 1. The van der Waals surface area contributed by atoms with E-state index in [4.69, 9.17) is 4.74 Å². The third-order valence-electron chi connectivity index (χ3n) is 11.7. The minimum absolute atomic E-state index is 0.415. The topological polar surface area (TPSA) is 9.23 Å². The summed E-state index contributed by atoms with van der Waals surface area (Å²) in [5, 5.41) is 0. The van der Waals surface area contributed by atoms with Crippen LogP contribution in [0.25, 0.3) is 33.4 Å². The molecule has 0 saturated carbocycles. The molecule has 0 bridgehead atoms. The van der Waals surface area contributed by atoms with Gasteiger partial charge in [-0.25, -0.2) is 0 Å². The number of hydrogen-bond donors (Lipinski definition) is 0. The number of para-hydroxylation sites is 1. The Morgan fingerprint density at radius 2 is 0.686 bits per heavy atom. The van der Waals surface area contributed by atoms with Crippen LogP contribution in [0, 0.1) is 0 Å². The predicted octanol–water partition coefficient (Wildman–Crippen LogP) is 12.2. The van der Waals surface area contributed by atoms with E-state index < -0.39 is 10.8 Å². The molecule has 0 N–H and O–H groups in total. The maximum Gasteiger partial charge on any atom is 0.132 e. The summed E-state index contributed by atoms with van der Waals surface area (Å²) >= 11 is 0. The van der Waals surface area contributed by atoms with E-state index >= 15 is 0 Å². The molecule has 11 rings (SSSR count). The van der Waals surface area contributed by atoms with Crippen molar-refractivity contribution < 1.29 is 4.74 Å². The first-order chi connectivity index (χ1) is 25.3. The lowest BCUT2D eigenvalue weighted by molar-refractivity contribution is 0.436. The van der Waals surface area contributed by atoms with Crippen LogP contribution in [0.15, 0.2) is 194 Å². The van der Waals surface area contributed by atoms with Crippen LogP contribution in [0.2, 0.25) is 0 Å². The summed E-state index contributed by atoms with van der Waals surface area (Å²) in [7, 11) is 0. The second kappa shape index (κ2) is 10.5. The second-order valence-electron chi connectivity index (χ2n) is 13.9. The average molecular weight is 649 g/mol. The van der Waals surface area contributed by atoms with E-state index in [1.54, 1.807) is 0 Å². The zero-order valence-electron chi connectivity index (χ0n) is 27.9. The van der Waals surface area contributed by atoms with Crippen LogP contribution in [0.4, 0.5) is 0 Å². The van der Waals surface area contributed by atoms with Crippen LogP contribution in [0.1, 0.15) is 44.5 Å². The van der Waals surface area contributed by atoms with E-state index in [1.165, 1.54) is 77.9 Å². The predicted molar refractivity (Wildman–Crippen MR) is 207 cm³/mol. The van der Waals surface area contributed by atoms with Gasteiger partial charge < -0.3 is 4.74 Å². The molecule has 8 aromatic rings. The summed E-state index contributed by atoms with van der Waals surface area (Å²) in [5.74, 6) is 1.82. The van der Waals surface area contributed by atoms with Gasteiger partial charge in [-0.15, -0.1) is 0 Å². The van der Waals surface area contributed by atoms with Crippen molar-refractivity contribution in [2.45, 2.75) is 10.8 Å². The first kappa shape index (κ1) is 28.4. The van der Waals surface area contributed by atoms with Crippen molar-refractivity contribution in [3.05, 3.63) is 239 Å². The van der Waals surface area contributed by atoms with Gasteiger partial charge in [0.05, 0.1) is 10.8 Å². The minimum atomic E-state index is -0.484. The summed E-state index contributed by atoms with van der Waals surface area (Å²) in [6, 6.07) is 71.3. The molecule has 238 valence electrons. The molecule has 1 spiro atoms. The Kier molecular flexibility index (Phi) is 5.86. The molecule has 2 aliphatic carbocycles. The van der Waals surface area contributed by atoms with Crippen molar-refractivity contribution in [3.63, 3.8) is 0 Å². The van der Waals surface area contributed by atoms with Crippen molar-refractivity contribution in [1.82, 2.24) is 0 Å². The van der Waals surface area contributed by atoms with Gasteiger partial charge in [-0.1, -0.05) is 176 Å². The number of ether oxygens (including phenoxy) is 1. The molecule has 0 radical (unpaired) electrons. The molecule has 1 heterocycles. The van der Waals surface area contributed by atoms with Crippen LogP contribution in [-0.2, 0) is 10.8 Å². The normalized spacial score (nSPS) is 14.7. The molecule has 0 unspecified atom stereocenters. The lowest BCUT2D eigenvalue weighted by Gasteiger charge is -2.39. The first-order valence-electron chi connectivity index (χ1n) is 17.8. The van der Waals surface area contributed by atoms with Crippen LogP contribution in [0.5, 0.6) is 11.5 Å². The van der Waals surface area contributed by atoms with Crippen LogP contribution in [0.3, 0.4) is 0 Å². The Hall–Kier alpha value is -6.44. The summed E-state index contributed by atoms with van der Waals surface area (Å²) in [5.41, 5.74) is 16.8. The molecule has 0 amide bonds. The van der Waals surface area contributed by atoms with Gasteiger partial charge in [0.1, 0.15) is 11.5 Å². The second-order valence-corrected chi connectivity index (χ2v) is 13.9. The van der Waals surface area contributed by atoms with Gasteiger partial charge in [0.2, 0.25) is 0 Å². The fourth-order valence-electron chi connectivity index (χ4n) is 9.66. The highest BCUT2D eigenvalue weighted by atomic mass is 16.5. The average Bonchev–Trinajstić information content (AvgIpc) is 3.67. The van der Waals surface area contributed by atoms with Crippen molar-refractivity contribution >= 4 is 0 Å². The molecule has 1 heteroatoms. The Morgan fingerprint density at radius 1 is 0.275 bits per heavy atom. The molecule has 0 fully saturated rings. The Bertz CT molecular complexity index is 2570. The highest BCUT2D eigenvalue weighted by Crippen LogP contribution is 2.62. The van der Waals surface area contributed by atoms with Gasteiger partial charge in [0, 0.05) is 11.1 Å². The zero-order chi connectivity index (χ0) is 33.6. The lowest BCUT2D eigenvalue weighted by Crippen LogP contribution is -2.32. The number of fused-ring (bicyclic) bond motifs is 12. The largest absolute Gasteiger partial charge is 0.457 e. The fourth-order valence-corrected chi connectivity index (χ4v) is 9.66. The van der Waals surface area contributed by atoms with Gasteiger partial charge in [0.25, 0.3) is 0 Å². The molecule has 1 aliphatic heterocycles. The fraction of sp³-hybridized carbons (Fsp3) is 0.0400. The quantitative estimate of drug-likeness (QED) is 0.185. The maximum absolute atomic E-state index is 6.70. The maximum atomic E-state index is 6.70. The molecule has 1 nitrogen and oxygen atoms in total. The van der Waals surface area contributed by atoms with E-state index in [9.17, 15) is 0 Å². The van der Waals surface area contributed by atoms with Crippen LogP contribution in [-0.4, -0.2) is 0 Å². The van der Waals surface area contributed by atoms with E-state index in [1.807, 2.05) is 0 Å². The monoisotopic (exact) mass is 648 g/mol. The summed E-state index contributed by atoms with van der Waals surface area (Å²) in [4.78, 5) is 0. The number of benzene rings is 8. The lowest BCUT2D eigenvalue weighted by atomic mass is 9.65. The van der Waals surface area contributed by atoms with E-state index in [-0.39, 0.29) is 0 Å². The molecule has 3 aliphatic rings. The van der Waals surface area contributed by atoms with Crippen molar-refractivity contribution in [2.75, 3.05) is 0 Å². The van der Waals surface area contributed by atoms with Gasteiger partial charge in [-0.05, 0) is 85.0 Å². The number of rotatable bonds is 3. The van der Waals surface area contributed by atoms with Crippen LogP contribution < -0.4 is 4.74 Å². The smallest absolute Gasteiger partial charge is 0.132 e. The molecular formula is C50H32O. The summed E-state index contributed by atoms with van der Waals surface area (Å²) in [6.45, 7) is 0. The third-order valence-corrected chi connectivity index (χ3v) is 11.7. The zero-order valence-corrected chi connectivity index (χ0v) is 27.9. The van der Waals surface area contributed by atoms with Crippen molar-refractivity contribution in [3.8, 4) is 44.9 Å². The molecule has 0 aromatic heterocycles. The summed E-state index contributed by atoms with van der Waals surface area (Å²) < 4.78 is 6.70. The van der Waals surface area contributed by atoms with E-state index in [0.717, 1.165) is 11.5 Å². The summed E-state index contributed by atoms with van der Waals surface area (Å²) in [6.07, 6.45) is 0. The van der Waals surface area contributed by atoms with Crippen molar-refractivity contribution in [1.29, 1.82) is 0 Å². The van der Waals surface area contributed by atoms with Crippen LogP contribution >= 0.6 is 0 Å². The molecule has 8 aromatic carbocycles. The Labute approximate surface area is 298 Å². The third kappa shape index (κ3) is 3.65. The highest BCUT2D eigenvalue weighted by Gasteiger charge is 2.51. The first-order valence-corrected chi connectivity index (χ1v) is 17.8. The Balaban J connectivity index is 1.11. The minimum Gasteiger partial charge on any atom is -0.457 e. The standard InChI is InChI=1S/C50H32O/c1-2-14-35(15-3-1)49(41-20-8-4-16-37(41)38-17-5-9-21-42(38)49)36-29-26-33(27-30-36)34-28-31-48-46(32-34)50(45-24-12-13-25-47(45)51-48)43-22-10-6-18-39(43)40-19-7-11-23-44(40)50/h1-32H. The highest BCUT2D eigenvalue weighted by molar-refractivity contribution is 5.90. The Morgan fingerprint density at radius 3 is 1.25 bits per heavy atom. The van der Waals surface area contributed by atoms with E-state index in [2.05, 4.69) is 194 Å². The van der Waals surface area contributed by atoms with E-state index in [0.29, 0.717) is 0 Å². The molecule has 0 atom stereocenters. The molecular weight excluding hydrogens is 617 g/mol. The van der Waals surface area contributed by atoms with Gasteiger partial charge >= 0.3 is 0 Å². The van der Waals surface area contributed by atoms with Gasteiger partial charge in [0.15, 0.2) is 0 Å². The van der Waals surface area contributed by atoms with Gasteiger partial charge in [-0.2, -0.15) is 0 Å². The SMILES string of the molecule is c1ccc(C2(c3ccc(-c4ccc5c(c4)C4(c6ccccc6O5)c5ccccc5-c5ccccc54)cc3)c3ccccc3-c3ccccc32)cc1. The molecule has 0 saturated heterocycles. The van der Waals surface area contributed by atoms with Crippen molar-refractivity contribution in [2.24, 2.45) is 0 Å².